The molecule has 4 rings (SSSR count). The molecule has 0 radical (unpaired) electrons. The number of aliphatic hydroxyl groups excluding tert-OH is 2. The van der Waals surface area contributed by atoms with Gasteiger partial charge in [-0.15, -0.1) is 0 Å². The van der Waals surface area contributed by atoms with Gasteiger partial charge in [-0.1, -0.05) is 75.8 Å². The SMILES string of the molecule is C=C1[C@@H](O)[C@@H]2C=CC[C@@H](C)CCC[C@H](O)C=CC(=O)O[C@@]23C(=O)N[C@@H](Cc2ccccc2)[C@H]3[C@H]1C. The first kappa shape index (κ1) is 25.4. The fraction of sp³-hybridized carbons (Fsp3) is 0.517. The summed E-state index contributed by atoms with van der Waals surface area (Å²) in [6.07, 6.45) is 8.39. The third-order valence-corrected chi connectivity index (χ3v) is 8.04. The Kier molecular flexibility index (Phi) is 7.62. The van der Waals surface area contributed by atoms with E-state index in [0.717, 1.165) is 24.8 Å². The second-order valence-electron chi connectivity index (χ2n) is 10.5. The molecule has 2 fully saturated rings. The van der Waals surface area contributed by atoms with Crippen LogP contribution in [0.2, 0.25) is 0 Å². The predicted molar refractivity (Wildman–Crippen MR) is 134 cm³/mol. The Bertz CT molecular complexity index is 1000. The summed E-state index contributed by atoms with van der Waals surface area (Å²) < 4.78 is 6.05. The van der Waals surface area contributed by atoms with Gasteiger partial charge >= 0.3 is 5.97 Å². The highest BCUT2D eigenvalue weighted by Gasteiger charge is 2.67. The number of hydrogen-bond acceptors (Lipinski definition) is 5. The first-order valence-corrected chi connectivity index (χ1v) is 12.7. The van der Waals surface area contributed by atoms with Crippen molar-refractivity contribution in [2.75, 3.05) is 0 Å². The summed E-state index contributed by atoms with van der Waals surface area (Å²) in [4.78, 5) is 26.8. The van der Waals surface area contributed by atoms with E-state index in [1.807, 2.05) is 49.4 Å². The normalized spacial score (nSPS) is 38.2. The van der Waals surface area contributed by atoms with Gasteiger partial charge in [0.15, 0.2) is 0 Å². The third-order valence-electron chi connectivity index (χ3n) is 8.04. The maximum Gasteiger partial charge on any atom is 0.331 e. The predicted octanol–water partition coefficient (Wildman–Crippen LogP) is 3.49. The van der Waals surface area contributed by atoms with Crippen LogP contribution >= 0.6 is 0 Å². The van der Waals surface area contributed by atoms with E-state index in [-0.39, 0.29) is 17.9 Å². The van der Waals surface area contributed by atoms with Crippen LogP contribution in [0.4, 0.5) is 0 Å². The van der Waals surface area contributed by atoms with Crippen LogP contribution in [0.1, 0.15) is 45.1 Å². The molecule has 0 unspecified atom stereocenters. The van der Waals surface area contributed by atoms with Gasteiger partial charge in [-0.05, 0) is 48.3 Å². The smallest absolute Gasteiger partial charge is 0.331 e. The molecule has 1 aromatic rings. The molecule has 1 aliphatic carbocycles. The molecule has 3 N–H and O–H groups in total. The van der Waals surface area contributed by atoms with E-state index in [4.69, 9.17) is 4.74 Å². The zero-order chi connectivity index (χ0) is 25.2. The highest BCUT2D eigenvalue weighted by atomic mass is 16.6. The number of amides is 1. The van der Waals surface area contributed by atoms with Gasteiger partial charge < -0.3 is 20.3 Å². The maximum atomic E-state index is 13.7. The molecule has 1 aromatic carbocycles. The van der Waals surface area contributed by atoms with Crippen LogP contribution in [0.3, 0.4) is 0 Å². The van der Waals surface area contributed by atoms with E-state index in [0.29, 0.717) is 24.3 Å². The number of allylic oxidation sites excluding steroid dienone is 1. The number of ether oxygens (including phenoxy) is 1. The number of hydrogen-bond donors (Lipinski definition) is 3. The second-order valence-corrected chi connectivity index (χ2v) is 10.5. The molecule has 8 atom stereocenters. The molecule has 1 saturated heterocycles. The van der Waals surface area contributed by atoms with Crippen LogP contribution in [0, 0.1) is 23.7 Å². The van der Waals surface area contributed by atoms with Gasteiger partial charge in [-0.3, -0.25) is 4.79 Å². The summed E-state index contributed by atoms with van der Waals surface area (Å²) in [7, 11) is 0. The molecular weight excluding hydrogens is 442 g/mol. The number of carbonyl (C=O) groups is 2. The van der Waals surface area contributed by atoms with Crippen molar-refractivity contribution in [2.45, 2.75) is 69.8 Å². The van der Waals surface area contributed by atoms with Crippen LogP contribution in [0.25, 0.3) is 0 Å². The Morgan fingerprint density at radius 1 is 1.11 bits per heavy atom. The maximum absolute atomic E-state index is 13.7. The molecule has 0 aromatic heterocycles. The summed E-state index contributed by atoms with van der Waals surface area (Å²) in [6, 6.07) is 9.59. The van der Waals surface area contributed by atoms with Gasteiger partial charge in [-0.2, -0.15) is 0 Å². The van der Waals surface area contributed by atoms with Gasteiger partial charge in [0.2, 0.25) is 5.60 Å². The lowest BCUT2D eigenvalue weighted by atomic mass is 9.59. The molecule has 1 amide bonds. The van der Waals surface area contributed by atoms with Crippen LogP contribution < -0.4 is 5.32 Å². The van der Waals surface area contributed by atoms with Crippen molar-refractivity contribution in [2.24, 2.45) is 23.7 Å². The topological polar surface area (TPSA) is 95.9 Å². The molecule has 1 spiro atoms. The van der Waals surface area contributed by atoms with Crippen molar-refractivity contribution < 1.29 is 24.5 Å². The Hall–Kier alpha value is -2.70. The minimum absolute atomic E-state index is 0.262. The van der Waals surface area contributed by atoms with E-state index < -0.39 is 35.6 Å². The van der Waals surface area contributed by atoms with Crippen LogP contribution in [-0.2, 0) is 20.7 Å². The van der Waals surface area contributed by atoms with Crippen LogP contribution in [0.5, 0.6) is 0 Å². The molecular formula is C29H37NO5. The summed E-state index contributed by atoms with van der Waals surface area (Å²) >= 11 is 0. The monoisotopic (exact) mass is 479 g/mol. The van der Waals surface area contributed by atoms with Crippen molar-refractivity contribution in [3.63, 3.8) is 0 Å². The Morgan fingerprint density at radius 2 is 1.86 bits per heavy atom. The highest BCUT2D eigenvalue weighted by Crippen LogP contribution is 2.52. The van der Waals surface area contributed by atoms with Crippen molar-refractivity contribution in [3.8, 4) is 0 Å². The van der Waals surface area contributed by atoms with E-state index in [1.54, 1.807) is 0 Å². The molecule has 6 nitrogen and oxygen atoms in total. The Morgan fingerprint density at radius 3 is 2.60 bits per heavy atom. The Balaban J connectivity index is 1.78. The lowest BCUT2D eigenvalue weighted by Crippen LogP contribution is -2.61. The van der Waals surface area contributed by atoms with Crippen LogP contribution in [0.15, 0.2) is 66.8 Å². The molecule has 35 heavy (non-hydrogen) atoms. The van der Waals surface area contributed by atoms with Gasteiger partial charge in [0.25, 0.3) is 5.91 Å². The first-order chi connectivity index (χ1) is 16.7. The average Bonchev–Trinajstić information content (AvgIpc) is 3.09. The van der Waals surface area contributed by atoms with Crippen molar-refractivity contribution >= 4 is 11.9 Å². The minimum atomic E-state index is -1.57. The van der Waals surface area contributed by atoms with Gasteiger partial charge in [-0.25, -0.2) is 4.79 Å². The molecule has 1 saturated carbocycles. The fourth-order valence-electron chi connectivity index (χ4n) is 6.09. The van der Waals surface area contributed by atoms with Crippen molar-refractivity contribution in [1.82, 2.24) is 5.32 Å². The average molecular weight is 480 g/mol. The highest BCUT2D eigenvalue weighted by molar-refractivity contribution is 5.94. The molecule has 188 valence electrons. The molecule has 2 aliphatic heterocycles. The van der Waals surface area contributed by atoms with Gasteiger partial charge in [0.1, 0.15) is 0 Å². The van der Waals surface area contributed by atoms with E-state index >= 15 is 0 Å². The minimum Gasteiger partial charge on any atom is -0.445 e. The summed E-state index contributed by atoms with van der Waals surface area (Å²) in [5.74, 6) is -2.13. The lowest BCUT2D eigenvalue weighted by molar-refractivity contribution is -0.182. The van der Waals surface area contributed by atoms with E-state index in [2.05, 4.69) is 18.8 Å². The van der Waals surface area contributed by atoms with E-state index in [9.17, 15) is 19.8 Å². The number of carbonyl (C=O) groups excluding carboxylic acids is 2. The number of rotatable bonds is 2. The quantitative estimate of drug-likeness (QED) is 0.446. The summed E-state index contributed by atoms with van der Waals surface area (Å²) in [5, 5.41) is 24.7. The zero-order valence-corrected chi connectivity index (χ0v) is 20.6. The standard InChI is InChI=1S/C29H37NO5/c1-18-9-7-13-22(31)15-16-25(32)35-29-23(14-8-10-18)27(33)20(3)19(2)26(29)24(30-28(29)34)17-21-11-5-4-6-12-21/h4-6,8,11-12,14-16,18-19,22-24,26-27,31,33H,3,7,9-10,13,17H2,1-2H3,(H,30,34)/t18-,19-,22-,23-,24-,26+,27+,29-/m0/s1. The zero-order valence-electron chi connectivity index (χ0n) is 20.6. The number of nitrogens with one attached hydrogen (secondary N) is 1. The van der Waals surface area contributed by atoms with Crippen molar-refractivity contribution in [3.05, 3.63) is 72.4 Å². The Labute approximate surface area is 207 Å². The van der Waals surface area contributed by atoms with Crippen molar-refractivity contribution in [1.29, 1.82) is 0 Å². The van der Waals surface area contributed by atoms with Crippen LogP contribution in [-0.4, -0.2) is 45.9 Å². The largest absolute Gasteiger partial charge is 0.445 e. The summed E-state index contributed by atoms with van der Waals surface area (Å²) in [5.41, 5.74) is 0.136. The third kappa shape index (κ3) is 5.00. The fourth-order valence-corrected chi connectivity index (χ4v) is 6.09. The van der Waals surface area contributed by atoms with Gasteiger partial charge in [0.05, 0.1) is 18.1 Å². The van der Waals surface area contributed by atoms with Gasteiger partial charge in [0, 0.05) is 18.0 Å². The molecule has 6 heteroatoms. The lowest BCUT2D eigenvalue weighted by Gasteiger charge is -2.49. The first-order valence-electron chi connectivity index (χ1n) is 12.7. The van der Waals surface area contributed by atoms with E-state index in [1.165, 1.54) is 12.2 Å². The number of aliphatic hydroxyl groups is 2. The molecule has 2 heterocycles. The summed E-state index contributed by atoms with van der Waals surface area (Å²) in [6.45, 7) is 8.27. The molecule has 3 aliphatic rings. The second kappa shape index (κ2) is 10.5. The number of esters is 1. The molecule has 0 bridgehead atoms. The number of benzene rings is 1.